The number of nitrogens with zero attached hydrogens (tertiary/aromatic N) is 4. The average molecular weight is 302 g/mol. The van der Waals surface area contributed by atoms with Gasteiger partial charge in [0.15, 0.2) is 0 Å². The summed E-state index contributed by atoms with van der Waals surface area (Å²) < 4.78 is 10.4. The van der Waals surface area contributed by atoms with E-state index in [4.69, 9.17) is 9.15 Å². The number of hydrogen-bond acceptors (Lipinski definition) is 6. The number of amides is 1. The number of ether oxygens (including phenoxy) is 1. The molecule has 116 valence electrons. The Morgan fingerprint density at radius 3 is 2.82 bits per heavy atom. The van der Waals surface area contributed by atoms with Gasteiger partial charge in [0.1, 0.15) is 18.4 Å². The standard InChI is InChI=1S/C15H18N4O3/c1-2-22-14-9-13(16-11-17-14)18-4-6-19(7-5-18)15(20)12-3-8-21-10-12/h3,8-11H,2,4-7H2,1H3. The van der Waals surface area contributed by atoms with E-state index in [1.165, 1.54) is 18.9 Å². The summed E-state index contributed by atoms with van der Waals surface area (Å²) in [5.74, 6) is 1.41. The van der Waals surface area contributed by atoms with E-state index in [-0.39, 0.29) is 5.91 Å². The molecule has 7 heteroatoms. The topological polar surface area (TPSA) is 71.7 Å². The highest BCUT2D eigenvalue weighted by Crippen LogP contribution is 2.18. The van der Waals surface area contributed by atoms with E-state index in [1.54, 1.807) is 6.07 Å². The Morgan fingerprint density at radius 1 is 1.32 bits per heavy atom. The number of piperazine rings is 1. The number of carbonyl (C=O) groups is 1. The molecule has 0 aromatic carbocycles. The fourth-order valence-electron chi connectivity index (χ4n) is 2.44. The Morgan fingerprint density at radius 2 is 2.14 bits per heavy atom. The van der Waals surface area contributed by atoms with Gasteiger partial charge in [-0.1, -0.05) is 0 Å². The third-order valence-electron chi connectivity index (χ3n) is 3.58. The monoisotopic (exact) mass is 302 g/mol. The first kappa shape index (κ1) is 14.4. The number of aromatic nitrogens is 2. The second-order valence-corrected chi connectivity index (χ2v) is 4.94. The Kier molecular flexibility index (Phi) is 4.22. The summed E-state index contributed by atoms with van der Waals surface area (Å²) in [6.45, 7) is 5.25. The maximum Gasteiger partial charge on any atom is 0.257 e. The van der Waals surface area contributed by atoms with Gasteiger partial charge in [-0.05, 0) is 13.0 Å². The summed E-state index contributed by atoms with van der Waals surface area (Å²) in [5, 5.41) is 0. The van der Waals surface area contributed by atoms with E-state index >= 15 is 0 Å². The summed E-state index contributed by atoms with van der Waals surface area (Å²) in [6, 6.07) is 3.52. The summed E-state index contributed by atoms with van der Waals surface area (Å²) >= 11 is 0. The maximum absolute atomic E-state index is 12.2. The Bertz CT molecular complexity index is 621. The van der Waals surface area contributed by atoms with Crippen LogP contribution in [0.25, 0.3) is 0 Å². The second kappa shape index (κ2) is 6.46. The minimum Gasteiger partial charge on any atom is -0.478 e. The first-order valence-corrected chi connectivity index (χ1v) is 7.29. The third-order valence-corrected chi connectivity index (χ3v) is 3.58. The van der Waals surface area contributed by atoms with E-state index in [9.17, 15) is 4.79 Å². The van der Waals surface area contributed by atoms with Crippen molar-refractivity contribution in [2.24, 2.45) is 0 Å². The molecule has 22 heavy (non-hydrogen) atoms. The number of hydrogen-bond donors (Lipinski definition) is 0. The van der Waals surface area contributed by atoms with Gasteiger partial charge in [0.05, 0.1) is 18.4 Å². The lowest BCUT2D eigenvalue weighted by Crippen LogP contribution is -2.49. The summed E-state index contributed by atoms with van der Waals surface area (Å²) in [4.78, 5) is 24.5. The molecule has 3 heterocycles. The van der Waals surface area contributed by atoms with Gasteiger partial charge in [-0.15, -0.1) is 0 Å². The SMILES string of the molecule is CCOc1cc(N2CCN(C(=O)c3ccoc3)CC2)ncn1. The van der Waals surface area contributed by atoms with Crippen LogP contribution in [0.4, 0.5) is 5.82 Å². The molecule has 0 bridgehead atoms. The van der Waals surface area contributed by atoms with E-state index in [0.29, 0.717) is 31.1 Å². The predicted molar refractivity (Wildman–Crippen MR) is 80.0 cm³/mol. The van der Waals surface area contributed by atoms with Crippen molar-refractivity contribution in [3.63, 3.8) is 0 Å². The van der Waals surface area contributed by atoms with Crippen LogP contribution in [0.15, 0.2) is 35.4 Å². The summed E-state index contributed by atoms with van der Waals surface area (Å²) in [7, 11) is 0. The van der Waals surface area contributed by atoms with Crippen molar-refractivity contribution in [1.29, 1.82) is 0 Å². The third kappa shape index (κ3) is 3.03. The molecule has 0 radical (unpaired) electrons. The van der Waals surface area contributed by atoms with Crippen LogP contribution < -0.4 is 9.64 Å². The molecule has 0 N–H and O–H groups in total. The normalized spacial score (nSPS) is 15.0. The Labute approximate surface area is 128 Å². The highest BCUT2D eigenvalue weighted by molar-refractivity contribution is 5.94. The van der Waals surface area contributed by atoms with Gasteiger partial charge in [-0.3, -0.25) is 4.79 Å². The lowest BCUT2D eigenvalue weighted by Gasteiger charge is -2.35. The van der Waals surface area contributed by atoms with Gasteiger partial charge in [0.25, 0.3) is 5.91 Å². The number of furan rings is 1. The molecule has 2 aromatic rings. The molecular weight excluding hydrogens is 284 g/mol. The molecule has 0 saturated carbocycles. The van der Waals surface area contributed by atoms with E-state index < -0.39 is 0 Å². The fourth-order valence-corrected chi connectivity index (χ4v) is 2.44. The van der Waals surface area contributed by atoms with Gasteiger partial charge in [-0.25, -0.2) is 9.97 Å². The van der Waals surface area contributed by atoms with Gasteiger partial charge < -0.3 is 19.0 Å². The van der Waals surface area contributed by atoms with Crippen molar-refractivity contribution < 1.29 is 13.9 Å². The van der Waals surface area contributed by atoms with Gasteiger partial charge >= 0.3 is 0 Å². The van der Waals surface area contributed by atoms with Crippen LogP contribution in [0.1, 0.15) is 17.3 Å². The molecule has 2 aromatic heterocycles. The zero-order valence-corrected chi connectivity index (χ0v) is 12.4. The van der Waals surface area contributed by atoms with Crippen LogP contribution in [0, 0.1) is 0 Å². The van der Waals surface area contributed by atoms with Crippen LogP contribution in [-0.2, 0) is 0 Å². The highest BCUT2D eigenvalue weighted by atomic mass is 16.5. The molecule has 1 fully saturated rings. The van der Waals surface area contributed by atoms with Crippen LogP contribution in [0.3, 0.4) is 0 Å². The lowest BCUT2D eigenvalue weighted by atomic mass is 10.2. The second-order valence-electron chi connectivity index (χ2n) is 4.94. The van der Waals surface area contributed by atoms with Crippen molar-refractivity contribution in [2.45, 2.75) is 6.92 Å². The van der Waals surface area contributed by atoms with Crippen molar-refractivity contribution in [2.75, 3.05) is 37.7 Å². The van der Waals surface area contributed by atoms with E-state index in [1.807, 2.05) is 17.9 Å². The Hall–Kier alpha value is -2.57. The fraction of sp³-hybridized carbons (Fsp3) is 0.400. The zero-order valence-electron chi connectivity index (χ0n) is 12.4. The first-order chi connectivity index (χ1) is 10.8. The maximum atomic E-state index is 12.2. The molecule has 7 nitrogen and oxygen atoms in total. The largest absolute Gasteiger partial charge is 0.478 e. The summed E-state index contributed by atoms with van der Waals surface area (Å²) in [5.41, 5.74) is 0.592. The van der Waals surface area contributed by atoms with Gasteiger partial charge in [-0.2, -0.15) is 0 Å². The molecule has 1 aliphatic rings. The highest BCUT2D eigenvalue weighted by Gasteiger charge is 2.23. The molecule has 0 unspecified atom stereocenters. The minimum atomic E-state index is 0.00564. The van der Waals surface area contributed by atoms with Gasteiger partial charge in [0.2, 0.25) is 5.88 Å². The predicted octanol–water partition coefficient (Wildman–Crippen LogP) is 1.43. The van der Waals surface area contributed by atoms with Crippen molar-refractivity contribution in [3.8, 4) is 5.88 Å². The number of carbonyl (C=O) groups excluding carboxylic acids is 1. The van der Waals surface area contributed by atoms with E-state index in [2.05, 4.69) is 14.9 Å². The molecule has 1 aliphatic heterocycles. The van der Waals surface area contributed by atoms with Crippen LogP contribution in [0.2, 0.25) is 0 Å². The van der Waals surface area contributed by atoms with Crippen molar-refractivity contribution in [1.82, 2.24) is 14.9 Å². The lowest BCUT2D eigenvalue weighted by molar-refractivity contribution is 0.0745. The molecular formula is C15H18N4O3. The Balaban J connectivity index is 1.62. The van der Waals surface area contributed by atoms with Crippen molar-refractivity contribution >= 4 is 11.7 Å². The number of anilines is 1. The van der Waals surface area contributed by atoms with Gasteiger partial charge in [0, 0.05) is 32.2 Å². The smallest absolute Gasteiger partial charge is 0.257 e. The number of rotatable bonds is 4. The van der Waals surface area contributed by atoms with Crippen molar-refractivity contribution in [3.05, 3.63) is 36.5 Å². The molecule has 0 aliphatic carbocycles. The first-order valence-electron chi connectivity index (χ1n) is 7.29. The van der Waals surface area contributed by atoms with Crippen LogP contribution >= 0.6 is 0 Å². The zero-order chi connectivity index (χ0) is 15.4. The molecule has 1 amide bonds. The average Bonchev–Trinajstić information content (AvgIpc) is 3.09. The van der Waals surface area contributed by atoms with Crippen LogP contribution in [0.5, 0.6) is 5.88 Å². The van der Waals surface area contributed by atoms with Crippen LogP contribution in [-0.4, -0.2) is 53.6 Å². The molecule has 0 spiro atoms. The minimum absolute atomic E-state index is 0.00564. The molecule has 0 atom stereocenters. The quantitative estimate of drug-likeness (QED) is 0.851. The summed E-state index contributed by atoms with van der Waals surface area (Å²) in [6.07, 6.45) is 4.50. The molecule has 3 rings (SSSR count). The molecule has 1 saturated heterocycles. The van der Waals surface area contributed by atoms with E-state index in [0.717, 1.165) is 18.9 Å².